The van der Waals surface area contributed by atoms with E-state index in [4.69, 9.17) is 19.2 Å². The second-order valence-corrected chi connectivity index (χ2v) is 20.8. The number of ether oxygens (including phenoxy) is 3. The number of carbonyl (C=O) groups is 3. The predicted molar refractivity (Wildman–Crippen MR) is 225 cm³/mol. The van der Waals surface area contributed by atoms with Gasteiger partial charge in [-0.3, -0.25) is 18.9 Å². The number of fused-ring (bicyclic) bond motifs is 1. The molecule has 2 aromatic heterocycles. The molecule has 3 heterocycles. The van der Waals surface area contributed by atoms with Crippen LogP contribution in [-0.4, -0.2) is 74.5 Å². The Morgan fingerprint density at radius 2 is 1.83 bits per heavy atom. The van der Waals surface area contributed by atoms with Crippen LogP contribution in [0.15, 0.2) is 72.6 Å². The first-order chi connectivity index (χ1) is 27.6. The van der Waals surface area contributed by atoms with Crippen LogP contribution in [0.4, 0.5) is 0 Å². The number of hydrogen-bond acceptors (Lipinski definition) is 10. The monoisotopic (exact) mass is 827 g/mol. The summed E-state index contributed by atoms with van der Waals surface area (Å²) in [5.74, 6) is -1.04. The number of benzene rings is 2. The number of aryl methyl sites for hydroxylation is 1. The number of aromatic nitrogens is 2. The summed E-state index contributed by atoms with van der Waals surface area (Å²) in [6, 6.07) is 16.2. The van der Waals surface area contributed by atoms with Crippen molar-refractivity contribution in [1.82, 2.24) is 14.9 Å². The van der Waals surface area contributed by atoms with Gasteiger partial charge in [0.2, 0.25) is 13.3 Å². The highest BCUT2D eigenvalue weighted by molar-refractivity contribution is 7.59. The molecule has 1 saturated heterocycles. The second kappa shape index (κ2) is 16.7. The molecule has 2 aromatic carbocycles. The molecular weight excluding hydrogens is 774 g/mol. The number of pyridine rings is 1. The van der Waals surface area contributed by atoms with Crippen molar-refractivity contribution < 1.29 is 38.1 Å². The molecule has 11 nitrogen and oxygen atoms in total. The van der Waals surface area contributed by atoms with Crippen molar-refractivity contribution in [1.29, 1.82) is 0 Å². The average molecular weight is 828 g/mol. The molecule has 13 heteroatoms. The van der Waals surface area contributed by atoms with Gasteiger partial charge in [0, 0.05) is 47.0 Å². The van der Waals surface area contributed by atoms with Crippen LogP contribution in [-0.2, 0) is 29.8 Å². The largest absolute Gasteiger partial charge is 0.497 e. The molecule has 0 bridgehead atoms. The number of hydrogen-bond donors (Lipinski definition) is 1. The van der Waals surface area contributed by atoms with E-state index in [1.165, 1.54) is 11.3 Å². The summed E-state index contributed by atoms with van der Waals surface area (Å²) in [5, 5.41) is 1.91. The number of thiazole rings is 1. The number of ketones is 1. The van der Waals surface area contributed by atoms with Crippen molar-refractivity contribution in [2.24, 2.45) is 17.3 Å². The highest BCUT2D eigenvalue weighted by atomic mass is 32.1. The van der Waals surface area contributed by atoms with E-state index in [-0.39, 0.29) is 55.7 Å². The first-order valence-corrected chi connectivity index (χ1v) is 22.9. The first-order valence-electron chi connectivity index (χ1n) is 20.2. The molecule has 308 valence electrons. The van der Waals surface area contributed by atoms with Gasteiger partial charge in [-0.15, -0.1) is 17.9 Å². The Labute approximate surface area is 344 Å². The van der Waals surface area contributed by atoms with Gasteiger partial charge >= 0.3 is 5.97 Å². The SMILES string of the molecule is C=C[C@@H]1C[C@]1(CC(=O)[C@@H]1C[C@@H](Oc2cc(-c3ccccc3)nc3cc(OC)ccc23)CN1C(=O)[C@@H](CC(=O)OC1CCCC1)C(C)(C)C)P(=O)(O)Cc1nc(C)cs1. The van der Waals surface area contributed by atoms with E-state index in [0.29, 0.717) is 34.1 Å². The van der Waals surface area contributed by atoms with E-state index in [9.17, 15) is 23.8 Å². The summed E-state index contributed by atoms with van der Waals surface area (Å²) in [6.45, 7) is 11.6. The molecule has 3 fully saturated rings. The molecule has 1 unspecified atom stereocenters. The summed E-state index contributed by atoms with van der Waals surface area (Å²) in [5.41, 5.74) is 2.34. The van der Waals surface area contributed by atoms with Gasteiger partial charge < -0.3 is 24.0 Å². The van der Waals surface area contributed by atoms with Crippen molar-refractivity contribution in [3.05, 3.63) is 83.3 Å². The van der Waals surface area contributed by atoms with E-state index in [1.807, 2.05) is 87.7 Å². The van der Waals surface area contributed by atoms with Crippen molar-refractivity contribution in [2.45, 2.75) is 109 Å². The molecule has 1 aliphatic heterocycles. The fourth-order valence-electron chi connectivity index (χ4n) is 8.73. The van der Waals surface area contributed by atoms with Crippen molar-refractivity contribution in [3.8, 4) is 22.8 Å². The maximum atomic E-state index is 14.9. The third-order valence-corrected chi connectivity index (χ3v) is 16.1. The number of rotatable bonds is 15. The van der Waals surface area contributed by atoms with Gasteiger partial charge in [-0.2, -0.15) is 0 Å². The predicted octanol–water partition coefficient (Wildman–Crippen LogP) is 8.94. The number of Topliss-reactive ketones (excluding diaryl/α,β-unsaturated/α-hetero) is 1. The number of carbonyl (C=O) groups excluding carboxylic acids is 3. The molecular formula is C45H54N3O8PS. The molecule has 7 rings (SSSR count). The number of amides is 1. The van der Waals surface area contributed by atoms with Crippen molar-refractivity contribution in [2.75, 3.05) is 13.7 Å². The molecule has 0 radical (unpaired) electrons. The average Bonchev–Trinajstić information content (AvgIpc) is 3.53. The Morgan fingerprint density at radius 3 is 2.47 bits per heavy atom. The molecule has 4 aromatic rings. The van der Waals surface area contributed by atoms with Gasteiger partial charge in [0.25, 0.3) is 0 Å². The Kier molecular flexibility index (Phi) is 12.0. The minimum Gasteiger partial charge on any atom is -0.497 e. The van der Waals surface area contributed by atoms with Crippen molar-refractivity contribution in [3.63, 3.8) is 0 Å². The van der Waals surface area contributed by atoms with Crippen LogP contribution < -0.4 is 9.47 Å². The number of nitrogens with zero attached hydrogens (tertiary/aromatic N) is 3. The topological polar surface area (TPSA) is 145 Å². The summed E-state index contributed by atoms with van der Waals surface area (Å²) in [6.07, 6.45) is 4.56. The maximum absolute atomic E-state index is 14.9. The zero-order valence-corrected chi connectivity index (χ0v) is 35.7. The zero-order valence-electron chi connectivity index (χ0n) is 34.0. The highest BCUT2D eigenvalue weighted by Gasteiger charge is 2.65. The van der Waals surface area contributed by atoms with Gasteiger partial charge in [-0.1, -0.05) is 57.2 Å². The third-order valence-electron chi connectivity index (χ3n) is 12.2. The fourth-order valence-corrected chi connectivity index (χ4v) is 12.4. The molecule has 1 amide bonds. The number of esters is 1. The standard InChI is InChI=1S/C45H54N3O8PS/c1-7-30-23-45(30,57(52,53)26-41-46-28(2)27-58-41)24-39(49)38-20-33(25-48(38)43(51)35(44(3,4)5)21-42(50)56-31-15-11-12-16-31)55-40-22-36(29-13-9-8-10-14-29)47-37-19-32(54-6)17-18-34(37)40/h7-10,13-14,17-19,22,27,30-31,33,35,38H,1,11-12,15-16,20-21,23-26H2,2-6H3,(H,52,53)/t30-,33-,35-,38+,45-/m1/s1. The van der Waals surface area contributed by atoms with E-state index in [0.717, 1.165) is 42.3 Å². The summed E-state index contributed by atoms with van der Waals surface area (Å²) in [7, 11) is -2.38. The molecule has 0 spiro atoms. The number of likely N-dealkylation sites (tertiary alicyclic amines) is 1. The Morgan fingerprint density at radius 1 is 1.09 bits per heavy atom. The number of methoxy groups -OCH3 is 1. The molecule has 1 N–H and O–H groups in total. The lowest BCUT2D eigenvalue weighted by atomic mass is 9.77. The second-order valence-electron chi connectivity index (χ2n) is 17.3. The normalized spacial score (nSPS) is 23.6. The molecule has 2 aliphatic carbocycles. The van der Waals surface area contributed by atoms with E-state index < -0.39 is 42.0 Å². The van der Waals surface area contributed by atoms with E-state index >= 15 is 0 Å². The lowest BCUT2D eigenvalue weighted by molar-refractivity contribution is -0.156. The lowest BCUT2D eigenvalue weighted by Gasteiger charge is -2.35. The van der Waals surface area contributed by atoms with Crippen molar-refractivity contribution >= 4 is 47.3 Å². The quantitative estimate of drug-likeness (QED) is 0.0701. The van der Waals surface area contributed by atoms with Gasteiger partial charge in [0.05, 0.1) is 54.6 Å². The van der Waals surface area contributed by atoms with Crippen LogP contribution in [0.1, 0.15) is 82.8 Å². The molecule has 58 heavy (non-hydrogen) atoms. The Bertz CT molecular complexity index is 2230. The molecule has 6 atom stereocenters. The Balaban J connectivity index is 1.22. The van der Waals surface area contributed by atoms with E-state index in [1.54, 1.807) is 18.1 Å². The number of allylic oxidation sites excluding steroid dienone is 1. The summed E-state index contributed by atoms with van der Waals surface area (Å²) >= 11 is 1.33. The third kappa shape index (κ3) is 8.80. The highest BCUT2D eigenvalue weighted by Crippen LogP contribution is 2.74. The summed E-state index contributed by atoms with van der Waals surface area (Å²) in [4.78, 5) is 65.7. The minimum atomic E-state index is -3.98. The zero-order chi connectivity index (χ0) is 41.4. The lowest BCUT2D eigenvalue weighted by Crippen LogP contribution is -2.48. The van der Waals surface area contributed by atoms with Gasteiger partial charge in [0.15, 0.2) is 5.78 Å². The minimum absolute atomic E-state index is 0.0766. The van der Waals surface area contributed by atoms with Crippen LogP contribution in [0.25, 0.3) is 22.2 Å². The van der Waals surface area contributed by atoms with Crippen LogP contribution >= 0.6 is 18.7 Å². The molecule has 3 aliphatic rings. The Hall–Kier alpha value is -4.38. The van der Waals surface area contributed by atoms with Crippen LogP contribution in [0.5, 0.6) is 11.5 Å². The van der Waals surface area contributed by atoms with Gasteiger partial charge in [-0.25, -0.2) is 9.97 Å². The molecule has 2 saturated carbocycles. The van der Waals surface area contributed by atoms with Gasteiger partial charge in [0.1, 0.15) is 28.7 Å². The summed E-state index contributed by atoms with van der Waals surface area (Å²) < 4.78 is 32.4. The van der Waals surface area contributed by atoms with Crippen LogP contribution in [0.3, 0.4) is 0 Å². The fraction of sp³-hybridized carbons (Fsp3) is 0.489. The van der Waals surface area contributed by atoms with Crippen LogP contribution in [0.2, 0.25) is 0 Å². The van der Waals surface area contributed by atoms with Crippen LogP contribution in [0, 0.1) is 24.2 Å². The first kappa shape index (κ1) is 41.8. The maximum Gasteiger partial charge on any atom is 0.306 e. The van der Waals surface area contributed by atoms with E-state index in [2.05, 4.69) is 11.6 Å². The smallest absolute Gasteiger partial charge is 0.306 e. The van der Waals surface area contributed by atoms with Gasteiger partial charge in [-0.05, 0) is 62.5 Å².